The molecule has 0 atom stereocenters. The van der Waals surface area contributed by atoms with E-state index in [4.69, 9.17) is 9.05 Å². The highest BCUT2D eigenvalue weighted by Crippen LogP contribution is 2.50. The van der Waals surface area contributed by atoms with E-state index in [2.05, 4.69) is 0 Å². The number of allylic oxidation sites excluding steroid dienone is 2. The van der Waals surface area contributed by atoms with Gasteiger partial charge in [0.15, 0.2) is 5.78 Å². The Labute approximate surface area is 103 Å². The van der Waals surface area contributed by atoms with Crippen molar-refractivity contribution in [2.24, 2.45) is 0 Å². The first-order valence-corrected chi connectivity index (χ1v) is 7.93. The van der Waals surface area contributed by atoms with Crippen LogP contribution < -0.4 is 0 Å². The zero-order chi connectivity index (χ0) is 12.7. The Morgan fingerprint density at radius 2 is 1.76 bits per heavy atom. The maximum Gasteiger partial charge on any atom is 0.334 e. The number of ketones is 1. The smallest absolute Gasteiger partial charge is 0.309 e. The van der Waals surface area contributed by atoms with Crippen LogP contribution in [0, 0.1) is 0 Å². The standard InChI is InChI=1S/C12H21O4P/c1-3-15-17(14,16-4-2)10-11-7-5-6-8-12(13)9-11/h9H,3-8,10H2,1-2H3. The van der Waals surface area contributed by atoms with Crippen molar-refractivity contribution in [1.29, 1.82) is 0 Å². The lowest BCUT2D eigenvalue weighted by atomic mass is 10.1. The molecule has 0 spiro atoms. The van der Waals surface area contributed by atoms with E-state index in [1.54, 1.807) is 19.9 Å². The SMILES string of the molecule is CCOP(=O)(CC1=CC(=O)CCCC1)OCC. The van der Waals surface area contributed by atoms with Crippen LogP contribution in [0.3, 0.4) is 0 Å². The normalized spacial score (nSPS) is 17.8. The Kier molecular flexibility index (Phi) is 6.10. The highest BCUT2D eigenvalue weighted by Gasteiger charge is 2.26. The molecular formula is C12H21O4P. The fraction of sp³-hybridized carbons (Fsp3) is 0.750. The number of hydrogen-bond acceptors (Lipinski definition) is 4. The number of rotatable bonds is 6. The Hall–Kier alpha value is -0.440. The largest absolute Gasteiger partial charge is 0.334 e. The van der Waals surface area contributed by atoms with Crippen LogP contribution in [0.2, 0.25) is 0 Å². The summed E-state index contributed by atoms with van der Waals surface area (Å²) in [6.07, 6.45) is 5.16. The van der Waals surface area contributed by atoms with Gasteiger partial charge in [0.2, 0.25) is 0 Å². The van der Waals surface area contributed by atoms with Crippen LogP contribution >= 0.6 is 7.60 Å². The average Bonchev–Trinajstić information content (AvgIpc) is 2.43. The monoisotopic (exact) mass is 260 g/mol. The molecule has 0 heterocycles. The summed E-state index contributed by atoms with van der Waals surface area (Å²) in [5.41, 5.74) is 0.901. The molecule has 0 bridgehead atoms. The summed E-state index contributed by atoms with van der Waals surface area (Å²) < 4.78 is 22.8. The van der Waals surface area contributed by atoms with Crippen LogP contribution in [0.1, 0.15) is 39.5 Å². The molecule has 0 unspecified atom stereocenters. The first-order valence-electron chi connectivity index (χ1n) is 6.20. The molecule has 0 fully saturated rings. The molecule has 0 aromatic heterocycles. The summed E-state index contributed by atoms with van der Waals surface area (Å²) in [6, 6.07) is 0. The highest BCUT2D eigenvalue weighted by molar-refractivity contribution is 7.54. The Balaban J connectivity index is 2.71. The van der Waals surface area contributed by atoms with Gasteiger partial charge in [-0.15, -0.1) is 0 Å². The summed E-state index contributed by atoms with van der Waals surface area (Å²) in [4.78, 5) is 11.4. The van der Waals surface area contributed by atoms with Gasteiger partial charge >= 0.3 is 7.60 Å². The molecule has 17 heavy (non-hydrogen) atoms. The third-order valence-electron chi connectivity index (χ3n) is 2.58. The molecular weight excluding hydrogens is 239 g/mol. The predicted octanol–water partition coefficient (Wildman–Crippen LogP) is 3.32. The molecule has 0 N–H and O–H groups in total. The van der Waals surface area contributed by atoms with Gasteiger partial charge in [-0.2, -0.15) is 0 Å². The first-order chi connectivity index (χ1) is 8.09. The summed E-state index contributed by atoms with van der Waals surface area (Å²) >= 11 is 0. The minimum atomic E-state index is -3.05. The second-order valence-electron chi connectivity index (χ2n) is 4.08. The van der Waals surface area contributed by atoms with Gasteiger partial charge in [0.05, 0.1) is 19.4 Å². The molecule has 0 aromatic carbocycles. The van der Waals surface area contributed by atoms with E-state index < -0.39 is 7.60 Å². The molecule has 98 valence electrons. The zero-order valence-corrected chi connectivity index (χ0v) is 11.5. The van der Waals surface area contributed by atoms with Gasteiger partial charge in [-0.3, -0.25) is 9.36 Å². The van der Waals surface area contributed by atoms with Crippen LogP contribution in [-0.2, 0) is 18.4 Å². The molecule has 5 heteroatoms. The molecule has 1 aliphatic rings. The topological polar surface area (TPSA) is 52.6 Å². The van der Waals surface area contributed by atoms with Crippen LogP contribution in [0.15, 0.2) is 11.6 Å². The molecule has 0 aromatic rings. The summed E-state index contributed by atoms with van der Waals surface area (Å²) in [6.45, 7) is 4.30. The van der Waals surface area contributed by atoms with Crippen LogP contribution in [0.25, 0.3) is 0 Å². The average molecular weight is 260 g/mol. The van der Waals surface area contributed by atoms with Crippen molar-refractivity contribution in [1.82, 2.24) is 0 Å². The van der Waals surface area contributed by atoms with Gasteiger partial charge in [-0.25, -0.2) is 0 Å². The van der Waals surface area contributed by atoms with Gasteiger partial charge in [0.1, 0.15) is 0 Å². The van der Waals surface area contributed by atoms with Gasteiger partial charge in [-0.1, -0.05) is 5.57 Å². The lowest BCUT2D eigenvalue weighted by Gasteiger charge is -2.18. The van der Waals surface area contributed by atoms with Crippen molar-refractivity contribution in [2.75, 3.05) is 19.4 Å². The van der Waals surface area contributed by atoms with Gasteiger partial charge < -0.3 is 9.05 Å². The molecule has 0 radical (unpaired) electrons. The predicted molar refractivity (Wildman–Crippen MR) is 67.3 cm³/mol. The van der Waals surface area contributed by atoms with Gasteiger partial charge in [0.25, 0.3) is 0 Å². The van der Waals surface area contributed by atoms with E-state index in [1.165, 1.54) is 0 Å². The van der Waals surface area contributed by atoms with E-state index in [0.29, 0.717) is 19.6 Å². The second kappa shape index (κ2) is 7.10. The maximum atomic E-state index is 12.3. The van der Waals surface area contributed by atoms with Crippen molar-refractivity contribution < 1.29 is 18.4 Å². The summed E-state index contributed by atoms with van der Waals surface area (Å²) in [5, 5.41) is 0. The molecule has 4 nitrogen and oxygen atoms in total. The number of hydrogen-bond donors (Lipinski definition) is 0. The fourth-order valence-electron chi connectivity index (χ4n) is 1.92. The quantitative estimate of drug-likeness (QED) is 0.687. The van der Waals surface area contributed by atoms with Crippen molar-refractivity contribution in [3.05, 3.63) is 11.6 Å². The molecule has 1 aliphatic carbocycles. The third kappa shape index (κ3) is 5.15. The Bertz CT molecular complexity index is 325. The summed E-state index contributed by atoms with van der Waals surface area (Å²) in [7, 11) is -3.05. The highest BCUT2D eigenvalue weighted by atomic mass is 31.2. The van der Waals surface area contributed by atoms with Crippen LogP contribution in [-0.4, -0.2) is 25.2 Å². The molecule has 0 saturated carbocycles. The van der Waals surface area contributed by atoms with Crippen molar-refractivity contribution in [3.8, 4) is 0 Å². The van der Waals surface area contributed by atoms with E-state index >= 15 is 0 Å². The van der Waals surface area contributed by atoms with Crippen molar-refractivity contribution in [3.63, 3.8) is 0 Å². The van der Waals surface area contributed by atoms with Crippen molar-refractivity contribution in [2.45, 2.75) is 39.5 Å². The van der Waals surface area contributed by atoms with E-state index in [-0.39, 0.29) is 11.9 Å². The van der Waals surface area contributed by atoms with Gasteiger partial charge in [0, 0.05) is 6.42 Å². The third-order valence-corrected chi connectivity index (χ3v) is 4.68. The lowest BCUT2D eigenvalue weighted by Crippen LogP contribution is -2.03. The minimum absolute atomic E-state index is 0.122. The lowest BCUT2D eigenvalue weighted by molar-refractivity contribution is -0.114. The van der Waals surface area contributed by atoms with Crippen LogP contribution in [0.4, 0.5) is 0 Å². The molecule has 0 saturated heterocycles. The Morgan fingerprint density at radius 1 is 1.18 bits per heavy atom. The molecule has 0 amide bonds. The minimum Gasteiger partial charge on any atom is -0.309 e. The molecule has 0 aliphatic heterocycles. The second-order valence-corrected chi connectivity index (χ2v) is 6.14. The van der Waals surface area contributed by atoms with E-state index in [1.807, 2.05) is 0 Å². The number of carbonyl (C=O) groups excluding carboxylic acids is 1. The summed E-state index contributed by atoms with van der Waals surface area (Å²) in [5.74, 6) is 0.122. The van der Waals surface area contributed by atoms with Gasteiger partial charge in [-0.05, 0) is 39.2 Å². The maximum absolute atomic E-state index is 12.3. The van der Waals surface area contributed by atoms with Crippen LogP contribution in [0.5, 0.6) is 0 Å². The zero-order valence-electron chi connectivity index (χ0n) is 10.6. The molecule has 1 rings (SSSR count). The van der Waals surface area contributed by atoms with Crippen molar-refractivity contribution >= 4 is 13.4 Å². The van der Waals surface area contributed by atoms with E-state index in [0.717, 1.165) is 24.8 Å². The van der Waals surface area contributed by atoms with E-state index in [9.17, 15) is 9.36 Å². The fourth-order valence-corrected chi connectivity index (χ4v) is 3.71. The first kappa shape index (κ1) is 14.6. The number of carbonyl (C=O) groups is 1. The Morgan fingerprint density at radius 3 is 2.35 bits per heavy atom.